The molecule has 1 aromatic carbocycles. The zero-order valence-corrected chi connectivity index (χ0v) is 15.4. The summed E-state index contributed by atoms with van der Waals surface area (Å²) in [6.45, 7) is 2.21. The Hall–Kier alpha value is -3.00. The van der Waals surface area contributed by atoms with Crippen molar-refractivity contribution < 1.29 is 28.8 Å². The molecule has 8 heteroatoms. The third kappa shape index (κ3) is 3.35. The molecular formula is C19H21NO7. The second kappa shape index (κ2) is 7.71. The van der Waals surface area contributed by atoms with Crippen molar-refractivity contribution in [2.24, 2.45) is 0 Å². The molecule has 27 heavy (non-hydrogen) atoms. The number of methoxy groups -OCH3 is 2. The van der Waals surface area contributed by atoms with Crippen molar-refractivity contribution in [3.05, 3.63) is 50.9 Å². The highest BCUT2D eigenvalue weighted by atomic mass is 16.5. The summed E-state index contributed by atoms with van der Waals surface area (Å²) in [5, 5.41) is 10.4. The lowest BCUT2D eigenvalue weighted by Gasteiger charge is -2.16. The third-order valence-corrected chi connectivity index (χ3v) is 4.41. The molecule has 1 aliphatic heterocycles. The second-order valence-corrected chi connectivity index (χ2v) is 5.94. The predicted octanol–water partition coefficient (Wildman–Crippen LogP) is 1.83. The van der Waals surface area contributed by atoms with Gasteiger partial charge < -0.3 is 28.6 Å². The summed E-state index contributed by atoms with van der Waals surface area (Å²) in [5.74, 6) is -0.120. The Kier molecular flexibility index (Phi) is 5.36. The molecule has 2 heterocycles. The number of pyridine rings is 1. The zero-order chi connectivity index (χ0) is 19.6. The van der Waals surface area contributed by atoms with Crippen LogP contribution in [0.1, 0.15) is 34.1 Å². The van der Waals surface area contributed by atoms with Crippen LogP contribution >= 0.6 is 0 Å². The molecule has 0 amide bonds. The van der Waals surface area contributed by atoms with Gasteiger partial charge in [0.2, 0.25) is 0 Å². The summed E-state index contributed by atoms with van der Waals surface area (Å²) in [4.78, 5) is 25.1. The number of hydrogen-bond acceptors (Lipinski definition) is 7. The van der Waals surface area contributed by atoms with Crippen molar-refractivity contribution in [1.82, 2.24) is 4.57 Å². The molecule has 0 aliphatic carbocycles. The molecule has 0 unspecified atom stereocenters. The van der Waals surface area contributed by atoms with Gasteiger partial charge in [-0.05, 0) is 24.6 Å². The van der Waals surface area contributed by atoms with Crippen LogP contribution in [-0.2, 0) is 29.2 Å². The molecule has 0 atom stereocenters. The van der Waals surface area contributed by atoms with E-state index in [-0.39, 0.29) is 37.7 Å². The van der Waals surface area contributed by atoms with Gasteiger partial charge in [-0.1, -0.05) is 6.07 Å². The molecule has 0 fully saturated rings. The molecule has 0 radical (unpaired) electrons. The van der Waals surface area contributed by atoms with E-state index in [4.69, 9.17) is 18.9 Å². The number of carbonyl (C=O) groups excluding carboxylic acids is 1. The summed E-state index contributed by atoms with van der Waals surface area (Å²) in [7, 11) is 3.07. The number of ether oxygens (including phenoxy) is 4. The lowest BCUT2D eigenvalue weighted by Crippen LogP contribution is -2.30. The van der Waals surface area contributed by atoms with Gasteiger partial charge in [-0.3, -0.25) is 4.79 Å². The Bertz CT molecular complexity index is 933. The summed E-state index contributed by atoms with van der Waals surface area (Å²) < 4.78 is 22.3. The van der Waals surface area contributed by atoms with E-state index in [9.17, 15) is 14.7 Å². The molecular weight excluding hydrogens is 354 g/mol. The summed E-state index contributed by atoms with van der Waals surface area (Å²) in [6.07, 6.45) is 0. The van der Waals surface area contributed by atoms with Crippen LogP contribution in [-0.4, -0.2) is 36.5 Å². The number of benzene rings is 1. The SMILES string of the molecule is CCOC(=O)c1c(O)c2c(n(Cc3ccc(OC)c(OC)c3)c1=O)COC2. The molecule has 0 spiro atoms. The fraction of sp³-hybridized carbons (Fsp3) is 0.368. The van der Waals surface area contributed by atoms with Crippen molar-refractivity contribution in [1.29, 1.82) is 0 Å². The number of esters is 1. The first-order chi connectivity index (χ1) is 13.0. The van der Waals surface area contributed by atoms with Gasteiger partial charge in [0.1, 0.15) is 5.75 Å². The molecule has 0 saturated heterocycles. The van der Waals surface area contributed by atoms with Gasteiger partial charge in [-0.2, -0.15) is 0 Å². The van der Waals surface area contributed by atoms with Crippen molar-refractivity contribution in [3.8, 4) is 17.2 Å². The van der Waals surface area contributed by atoms with E-state index in [2.05, 4.69) is 0 Å². The van der Waals surface area contributed by atoms with Crippen LogP contribution in [0.25, 0.3) is 0 Å². The molecule has 2 aromatic rings. The number of rotatable bonds is 6. The molecule has 0 saturated carbocycles. The van der Waals surface area contributed by atoms with Crippen molar-refractivity contribution >= 4 is 5.97 Å². The normalized spacial score (nSPS) is 12.6. The van der Waals surface area contributed by atoms with E-state index in [0.717, 1.165) is 5.56 Å². The minimum Gasteiger partial charge on any atom is -0.506 e. The Balaban J connectivity index is 2.11. The van der Waals surface area contributed by atoms with Crippen LogP contribution in [0.4, 0.5) is 0 Å². The fourth-order valence-corrected chi connectivity index (χ4v) is 3.09. The Morgan fingerprint density at radius 2 is 1.96 bits per heavy atom. The van der Waals surface area contributed by atoms with Gasteiger partial charge >= 0.3 is 5.97 Å². The van der Waals surface area contributed by atoms with E-state index >= 15 is 0 Å². The highest BCUT2D eigenvalue weighted by Crippen LogP contribution is 2.32. The molecule has 1 aliphatic rings. The van der Waals surface area contributed by atoms with Gasteiger partial charge in [0, 0.05) is 5.56 Å². The first-order valence-electron chi connectivity index (χ1n) is 8.45. The van der Waals surface area contributed by atoms with Gasteiger partial charge in [0.15, 0.2) is 17.1 Å². The number of hydrogen-bond donors (Lipinski definition) is 1. The van der Waals surface area contributed by atoms with Crippen LogP contribution in [0.5, 0.6) is 17.2 Å². The van der Waals surface area contributed by atoms with Crippen LogP contribution < -0.4 is 15.0 Å². The van der Waals surface area contributed by atoms with E-state index in [0.29, 0.717) is 22.8 Å². The van der Waals surface area contributed by atoms with Crippen molar-refractivity contribution in [2.75, 3.05) is 20.8 Å². The highest BCUT2D eigenvalue weighted by Gasteiger charge is 2.29. The maximum atomic E-state index is 12.9. The standard InChI is InChI=1S/C19H21NO7/c1-4-27-19(23)16-17(21)12-9-26-10-13(12)20(18(16)22)8-11-5-6-14(24-2)15(7-11)25-3/h5-7,21H,4,8-10H2,1-3H3. The Labute approximate surface area is 155 Å². The number of fused-ring (bicyclic) bond motifs is 1. The minimum atomic E-state index is -0.851. The van der Waals surface area contributed by atoms with Crippen molar-refractivity contribution in [2.45, 2.75) is 26.7 Å². The molecule has 3 rings (SSSR count). The number of carbonyl (C=O) groups is 1. The maximum Gasteiger partial charge on any atom is 0.347 e. The summed E-state index contributed by atoms with van der Waals surface area (Å²) in [5.41, 5.74) is 0.745. The van der Waals surface area contributed by atoms with E-state index in [1.807, 2.05) is 0 Å². The molecule has 8 nitrogen and oxygen atoms in total. The molecule has 144 valence electrons. The van der Waals surface area contributed by atoms with Gasteiger partial charge in [0.25, 0.3) is 5.56 Å². The van der Waals surface area contributed by atoms with Crippen LogP contribution in [0.2, 0.25) is 0 Å². The zero-order valence-electron chi connectivity index (χ0n) is 15.4. The lowest BCUT2D eigenvalue weighted by molar-refractivity contribution is 0.0519. The minimum absolute atomic E-state index is 0.0982. The Morgan fingerprint density at radius 1 is 1.22 bits per heavy atom. The first-order valence-corrected chi connectivity index (χ1v) is 8.45. The van der Waals surface area contributed by atoms with Gasteiger partial charge in [0.05, 0.1) is 46.3 Å². The highest BCUT2D eigenvalue weighted by molar-refractivity contribution is 5.92. The third-order valence-electron chi connectivity index (χ3n) is 4.41. The largest absolute Gasteiger partial charge is 0.506 e. The average molecular weight is 375 g/mol. The predicted molar refractivity (Wildman–Crippen MR) is 95.5 cm³/mol. The van der Waals surface area contributed by atoms with E-state index in [1.54, 1.807) is 25.1 Å². The van der Waals surface area contributed by atoms with Crippen LogP contribution in [0.3, 0.4) is 0 Å². The van der Waals surface area contributed by atoms with Gasteiger partial charge in [-0.15, -0.1) is 0 Å². The van der Waals surface area contributed by atoms with Crippen LogP contribution in [0.15, 0.2) is 23.0 Å². The quantitative estimate of drug-likeness (QED) is 0.770. The Morgan fingerprint density at radius 3 is 2.63 bits per heavy atom. The topological polar surface area (TPSA) is 96.2 Å². The summed E-state index contributed by atoms with van der Waals surface area (Å²) >= 11 is 0. The molecule has 0 bridgehead atoms. The molecule has 1 aromatic heterocycles. The average Bonchev–Trinajstić information content (AvgIpc) is 3.15. The smallest absolute Gasteiger partial charge is 0.347 e. The summed E-state index contributed by atoms with van der Waals surface area (Å²) in [6, 6.07) is 5.29. The monoisotopic (exact) mass is 375 g/mol. The number of aromatic hydroxyl groups is 1. The van der Waals surface area contributed by atoms with E-state index < -0.39 is 11.5 Å². The van der Waals surface area contributed by atoms with Gasteiger partial charge in [-0.25, -0.2) is 4.79 Å². The van der Waals surface area contributed by atoms with Crippen LogP contribution in [0, 0.1) is 0 Å². The molecule has 1 N–H and O–H groups in total. The number of aromatic nitrogens is 1. The fourth-order valence-electron chi connectivity index (χ4n) is 3.09. The van der Waals surface area contributed by atoms with E-state index in [1.165, 1.54) is 18.8 Å². The number of nitrogens with zero attached hydrogens (tertiary/aromatic N) is 1. The van der Waals surface area contributed by atoms with Crippen molar-refractivity contribution in [3.63, 3.8) is 0 Å². The first kappa shape index (κ1) is 18.8. The lowest BCUT2D eigenvalue weighted by atomic mass is 10.1. The second-order valence-electron chi connectivity index (χ2n) is 5.94. The maximum absolute atomic E-state index is 12.9.